The summed E-state index contributed by atoms with van der Waals surface area (Å²) in [7, 11) is 1.52. The molecule has 1 saturated heterocycles. The van der Waals surface area contributed by atoms with Gasteiger partial charge in [0.05, 0.1) is 12.1 Å². The van der Waals surface area contributed by atoms with Gasteiger partial charge in [0.25, 0.3) is 5.91 Å². The van der Waals surface area contributed by atoms with Gasteiger partial charge in [-0.3, -0.25) is 9.69 Å². The minimum Gasteiger partial charge on any atom is -0.493 e. The van der Waals surface area contributed by atoms with Crippen molar-refractivity contribution in [3.63, 3.8) is 0 Å². The Kier molecular flexibility index (Phi) is 6.96. The Balaban J connectivity index is 1.53. The molecule has 168 valence electrons. The number of hydrogen-bond donors (Lipinski definition) is 1. The van der Waals surface area contributed by atoms with E-state index in [1.54, 1.807) is 35.2 Å². The summed E-state index contributed by atoms with van der Waals surface area (Å²) in [5, 5.41) is 3.84. The van der Waals surface area contributed by atoms with E-state index in [1.807, 2.05) is 0 Å². The van der Waals surface area contributed by atoms with Crippen LogP contribution in [0.5, 0.6) is 11.5 Å². The topological polar surface area (TPSA) is 50.8 Å². The lowest BCUT2D eigenvalue weighted by molar-refractivity contribution is -0.124. The minimum atomic E-state index is -0.307. The van der Waals surface area contributed by atoms with Crippen molar-refractivity contribution in [2.45, 2.75) is 44.8 Å². The molecule has 5 nitrogen and oxygen atoms in total. The summed E-state index contributed by atoms with van der Waals surface area (Å²) >= 11 is 11.9. The van der Waals surface area contributed by atoms with Gasteiger partial charge in [0.2, 0.25) is 0 Å². The predicted octanol–water partition coefficient (Wildman–Crippen LogP) is 5.46. The molecule has 1 amide bonds. The molecule has 1 saturated carbocycles. The highest BCUT2D eigenvalue weighted by atomic mass is 35.5. The van der Waals surface area contributed by atoms with E-state index in [0.717, 1.165) is 31.2 Å². The Hall–Kier alpha value is -2.64. The fourth-order valence-electron chi connectivity index (χ4n) is 4.09. The lowest BCUT2D eigenvalue weighted by atomic mass is 9.94. The molecular weight excluding hydrogens is 451 g/mol. The van der Waals surface area contributed by atoms with Gasteiger partial charge in [-0.05, 0) is 66.5 Å². The van der Waals surface area contributed by atoms with E-state index >= 15 is 0 Å². The Morgan fingerprint density at radius 3 is 2.62 bits per heavy atom. The molecule has 8 heteroatoms. The average molecular weight is 475 g/mol. The number of benzene rings is 2. The third-order valence-electron chi connectivity index (χ3n) is 5.71. The van der Waals surface area contributed by atoms with Crippen LogP contribution in [0, 0.1) is 5.82 Å². The number of methoxy groups -OCH3 is 1. The average Bonchev–Trinajstić information content (AvgIpc) is 3.07. The largest absolute Gasteiger partial charge is 0.493 e. The number of nitrogens with zero attached hydrogens (tertiary/aromatic N) is 1. The van der Waals surface area contributed by atoms with Gasteiger partial charge in [-0.2, -0.15) is 0 Å². The van der Waals surface area contributed by atoms with Gasteiger partial charge in [-0.15, -0.1) is 0 Å². The molecule has 2 aromatic rings. The van der Waals surface area contributed by atoms with E-state index in [-0.39, 0.29) is 24.4 Å². The van der Waals surface area contributed by atoms with Crippen LogP contribution in [0.25, 0.3) is 6.08 Å². The first-order valence-electron chi connectivity index (χ1n) is 10.6. The standard InChI is InChI=1S/C24H24ClFN2O3S/c1-30-21-13-16(11-19(25)22(21)31-14-15-7-9-17(26)10-8-15)12-20-23(29)28(24(32)27-20)18-5-3-2-4-6-18/h7-13,18H,2-6,14H2,1H3,(H,27,32)/b20-12-. The molecule has 0 spiro atoms. The van der Waals surface area contributed by atoms with Crippen LogP contribution in [-0.4, -0.2) is 29.1 Å². The second kappa shape index (κ2) is 9.88. The van der Waals surface area contributed by atoms with Crippen LogP contribution in [0.15, 0.2) is 42.1 Å². The third-order valence-corrected chi connectivity index (χ3v) is 6.29. The van der Waals surface area contributed by atoms with E-state index in [1.165, 1.54) is 25.7 Å². The molecule has 1 aliphatic carbocycles. The number of halogens is 2. The van der Waals surface area contributed by atoms with Crippen LogP contribution in [0.3, 0.4) is 0 Å². The van der Waals surface area contributed by atoms with E-state index < -0.39 is 0 Å². The summed E-state index contributed by atoms with van der Waals surface area (Å²) in [5.74, 6) is 0.390. The number of carbonyl (C=O) groups excluding carboxylic acids is 1. The second-order valence-corrected chi connectivity index (χ2v) is 8.70. The Morgan fingerprint density at radius 2 is 1.94 bits per heavy atom. The molecule has 0 aromatic heterocycles. The highest BCUT2D eigenvalue weighted by molar-refractivity contribution is 7.80. The lowest BCUT2D eigenvalue weighted by Gasteiger charge is -2.29. The monoisotopic (exact) mass is 474 g/mol. The van der Waals surface area contributed by atoms with Crippen molar-refractivity contribution in [1.82, 2.24) is 10.2 Å². The molecule has 4 rings (SSSR count). The molecule has 0 unspecified atom stereocenters. The number of nitrogens with one attached hydrogen (secondary N) is 1. The fraction of sp³-hybridized carbons (Fsp3) is 0.333. The van der Waals surface area contributed by atoms with E-state index in [0.29, 0.717) is 32.9 Å². The molecule has 2 fully saturated rings. The molecule has 32 heavy (non-hydrogen) atoms. The molecule has 2 aliphatic rings. The van der Waals surface area contributed by atoms with Gasteiger partial charge in [0, 0.05) is 6.04 Å². The lowest BCUT2D eigenvalue weighted by Crippen LogP contribution is -2.41. The van der Waals surface area contributed by atoms with E-state index in [9.17, 15) is 9.18 Å². The summed E-state index contributed by atoms with van der Waals surface area (Å²) in [4.78, 5) is 14.7. The van der Waals surface area contributed by atoms with Crippen LogP contribution in [0.1, 0.15) is 43.2 Å². The Labute approximate surface area is 197 Å². The molecular formula is C24H24ClFN2O3S. The molecule has 1 N–H and O–H groups in total. The molecule has 1 heterocycles. The van der Waals surface area contributed by atoms with Crippen LogP contribution >= 0.6 is 23.8 Å². The van der Waals surface area contributed by atoms with Gasteiger partial charge < -0.3 is 14.8 Å². The summed E-state index contributed by atoms with van der Waals surface area (Å²) in [6.45, 7) is 0.210. The first kappa shape index (κ1) is 22.6. The Bertz CT molecular complexity index is 1050. The number of rotatable bonds is 6. The van der Waals surface area contributed by atoms with Gasteiger partial charge in [0.15, 0.2) is 16.6 Å². The van der Waals surface area contributed by atoms with Crippen LogP contribution in [0.4, 0.5) is 4.39 Å². The number of carbonyl (C=O) groups is 1. The maximum atomic E-state index is 13.1. The summed E-state index contributed by atoms with van der Waals surface area (Å²) in [6, 6.07) is 9.65. The maximum absolute atomic E-state index is 13.1. The van der Waals surface area contributed by atoms with E-state index in [4.69, 9.17) is 33.3 Å². The minimum absolute atomic E-state index is 0.117. The van der Waals surface area contributed by atoms with Gasteiger partial charge >= 0.3 is 0 Å². The summed E-state index contributed by atoms with van der Waals surface area (Å²) in [6.07, 6.45) is 7.09. The molecule has 1 aliphatic heterocycles. The summed E-state index contributed by atoms with van der Waals surface area (Å²) < 4.78 is 24.4. The number of ether oxygens (including phenoxy) is 2. The van der Waals surface area contributed by atoms with Crippen molar-refractivity contribution in [3.8, 4) is 11.5 Å². The zero-order valence-electron chi connectivity index (χ0n) is 17.7. The zero-order valence-corrected chi connectivity index (χ0v) is 19.3. The number of thiocarbonyl (C=S) groups is 1. The van der Waals surface area contributed by atoms with Crippen molar-refractivity contribution in [3.05, 3.63) is 64.1 Å². The normalized spacial score (nSPS) is 18.2. The van der Waals surface area contributed by atoms with Crippen LogP contribution < -0.4 is 14.8 Å². The zero-order chi connectivity index (χ0) is 22.7. The van der Waals surface area contributed by atoms with Crippen molar-refractivity contribution in [2.24, 2.45) is 0 Å². The second-order valence-electron chi connectivity index (χ2n) is 7.90. The van der Waals surface area contributed by atoms with E-state index in [2.05, 4.69) is 5.32 Å². The van der Waals surface area contributed by atoms with Gasteiger partial charge in [-0.25, -0.2) is 4.39 Å². The van der Waals surface area contributed by atoms with Crippen LogP contribution in [0.2, 0.25) is 5.02 Å². The first-order chi connectivity index (χ1) is 15.5. The molecule has 0 bridgehead atoms. The van der Waals surface area contributed by atoms with Gasteiger partial charge in [-0.1, -0.05) is 43.0 Å². The van der Waals surface area contributed by atoms with Crippen molar-refractivity contribution in [1.29, 1.82) is 0 Å². The van der Waals surface area contributed by atoms with Crippen molar-refractivity contribution in [2.75, 3.05) is 7.11 Å². The third kappa shape index (κ3) is 4.89. The maximum Gasteiger partial charge on any atom is 0.276 e. The number of hydrogen-bond acceptors (Lipinski definition) is 4. The molecule has 0 radical (unpaired) electrons. The first-order valence-corrected chi connectivity index (χ1v) is 11.4. The fourth-order valence-corrected chi connectivity index (χ4v) is 4.70. The van der Waals surface area contributed by atoms with Crippen LogP contribution in [-0.2, 0) is 11.4 Å². The smallest absolute Gasteiger partial charge is 0.276 e. The van der Waals surface area contributed by atoms with Crippen molar-refractivity contribution >= 4 is 40.9 Å². The molecule has 0 atom stereocenters. The Morgan fingerprint density at radius 1 is 1.22 bits per heavy atom. The molecule has 2 aromatic carbocycles. The van der Waals surface area contributed by atoms with Crippen molar-refractivity contribution < 1.29 is 18.7 Å². The SMILES string of the molecule is COc1cc(/C=C2\NC(=S)N(C3CCCCC3)C2=O)cc(Cl)c1OCc1ccc(F)cc1. The number of amides is 1. The highest BCUT2D eigenvalue weighted by Gasteiger charge is 2.36. The quantitative estimate of drug-likeness (QED) is 0.445. The summed E-state index contributed by atoms with van der Waals surface area (Å²) in [5.41, 5.74) is 1.90. The predicted molar refractivity (Wildman–Crippen MR) is 126 cm³/mol. The van der Waals surface area contributed by atoms with Gasteiger partial charge in [0.1, 0.15) is 18.1 Å². The highest BCUT2D eigenvalue weighted by Crippen LogP contribution is 2.38.